The summed E-state index contributed by atoms with van der Waals surface area (Å²) in [4.78, 5) is 21.1. The van der Waals surface area contributed by atoms with Crippen molar-refractivity contribution in [2.45, 2.75) is 19.9 Å². The molecule has 0 fully saturated rings. The van der Waals surface area contributed by atoms with E-state index in [1.54, 1.807) is 10.6 Å². The van der Waals surface area contributed by atoms with Crippen LogP contribution in [0, 0.1) is 6.92 Å². The molecule has 0 radical (unpaired) electrons. The standard InChI is InChI=1S/C22H21N5O3/c1-4-5-6-7-16-19-20-15(18(23-16)14-8-9-17(28)13(2)12-14)10-11-27(20)26-21(24-19)25-22(29)30-3/h4-12,18,28H,1-3H3,(H,25,26,29)/b5-4-,7-6-. The molecule has 8 nitrogen and oxygen atoms in total. The second kappa shape index (κ2) is 7.82. The quantitative estimate of drug-likeness (QED) is 0.643. The number of aryl methyl sites for hydroxylation is 1. The molecular weight excluding hydrogens is 382 g/mol. The maximum Gasteiger partial charge on any atom is 0.413 e. The minimum absolute atomic E-state index is 0.123. The van der Waals surface area contributed by atoms with Gasteiger partial charge in [-0.3, -0.25) is 10.3 Å². The van der Waals surface area contributed by atoms with Crippen LogP contribution in [0.2, 0.25) is 0 Å². The third kappa shape index (κ3) is 3.43. The monoisotopic (exact) mass is 403 g/mol. The van der Waals surface area contributed by atoms with E-state index in [1.807, 2.05) is 62.5 Å². The van der Waals surface area contributed by atoms with E-state index in [0.717, 1.165) is 22.2 Å². The Bertz CT molecular complexity index is 1220. The molecule has 0 saturated heterocycles. The number of benzene rings is 1. The summed E-state index contributed by atoms with van der Waals surface area (Å²) in [6, 6.07) is 7.15. The summed E-state index contributed by atoms with van der Waals surface area (Å²) in [5.41, 5.74) is 4.78. The third-order valence-electron chi connectivity index (χ3n) is 4.84. The minimum Gasteiger partial charge on any atom is -0.508 e. The van der Waals surface area contributed by atoms with E-state index in [9.17, 15) is 9.90 Å². The van der Waals surface area contributed by atoms with E-state index in [2.05, 4.69) is 20.1 Å². The van der Waals surface area contributed by atoms with Crippen molar-refractivity contribution >= 4 is 23.3 Å². The second-order valence-electron chi connectivity index (χ2n) is 6.81. The van der Waals surface area contributed by atoms with Crippen LogP contribution in [-0.2, 0) is 4.74 Å². The number of aromatic hydroxyl groups is 1. The van der Waals surface area contributed by atoms with E-state index in [-0.39, 0.29) is 17.7 Å². The molecule has 2 N–H and O–H groups in total. The number of amides is 1. The Hall–Kier alpha value is -3.94. The molecule has 0 saturated carbocycles. The maximum absolute atomic E-state index is 11.6. The third-order valence-corrected chi connectivity index (χ3v) is 4.84. The first-order valence-corrected chi connectivity index (χ1v) is 9.43. The van der Waals surface area contributed by atoms with Crippen LogP contribution in [0.5, 0.6) is 5.75 Å². The van der Waals surface area contributed by atoms with Crippen molar-refractivity contribution in [3.63, 3.8) is 0 Å². The van der Waals surface area contributed by atoms with Crippen LogP contribution in [0.15, 0.2) is 59.8 Å². The van der Waals surface area contributed by atoms with Crippen molar-refractivity contribution in [1.29, 1.82) is 0 Å². The lowest BCUT2D eigenvalue weighted by atomic mass is 9.94. The minimum atomic E-state index is -0.648. The van der Waals surface area contributed by atoms with Crippen molar-refractivity contribution in [2.75, 3.05) is 12.4 Å². The number of hydrogen-bond donors (Lipinski definition) is 2. The highest BCUT2D eigenvalue weighted by Crippen LogP contribution is 2.37. The number of methoxy groups -OCH3 is 1. The summed E-state index contributed by atoms with van der Waals surface area (Å²) >= 11 is 0. The Labute approximate surface area is 173 Å². The number of carbonyl (C=O) groups is 1. The Morgan fingerprint density at radius 3 is 2.87 bits per heavy atom. The number of hydrogen-bond acceptors (Lipinski definition) is 6. The molecule has 1 unspecified atom stereocenters. The van der Waals surface area contributed by atoms with Crippen molar-refractivity contribution in [3.8, 4) is 5.75 Å². The molecule has 4 rings (SSSR count). The van der Waals surface area contributed by atoms with Gasteiger partial charge in [-0.1, -0.05) is 24.3 Å². The van der Waals surface area contributed by atoms with Crippen LogP contribution in [0.4, 0.5) is 10.7 Å². The molecule has 3 heterocycles. The molecule has 1 aliphatic heterocycles. The number of phenols is 1. The van der Waals surface area contributed by atoms with Crippen LogP contribution in [0.3, 0.4) is 0 Å². The van der Waals surface area contributed by atoms with Gasteiger partial charge in [0.2, 0.25) is 0 Å². The highest BCUT2D eigenvalue weighted by molar-refractivity contribution is 6.13. The summed E-state index contributed by atoms with van der Waals surface area (Å²) in [6.07, 6.45) is 8.75. The van der Waals surface area contributed by atoms with Crippen molar-refractivity contribution in [1.82, 2.24) is 14.6 Å². The first kappa shape index (κ1) is 19.4. The highest BCUT2D eigenvalue weighted by Gasteiger charge is 2.28. The fraction of sp³-hybridized carbons (Fsp3) is 0.182. The van der Waals surface area contributed by atoms with Gasteiger partial charge >= 0.3 is 6.09 Å². The van der Waals surface area contributed by atoms with Gasteiger partial charge in [0.05, 0.1) is 18.3 Å². The van der Waals surface area contributed by atoms with Gasteiger partial charge in [-0.05, 0) is 49.2 Å². The number of aromatic nitrogens is 3. The second-order valence-corrected chi connectivity index (χ2v) is 6.81. The Morgan fingerprint density at radius 2 is 2.13 bits per heavy atom. The highest BCUT2D eigenvalue weighted by atomic mass is 16.5. The molecule has 152 valence electrons. The Morgan fingerprint density at radius 1 is 1.30 bits per heavy atom. The van der Waals surface area contributed by atoms with Gasteiger partial charge in [-0.25, -0.2) is 14.3 Å². The summed E-state index contributed by atoms with van der Waals surface area (Å²) in [7, 11) is 1.28. The number of carbonyl (C=O) groups excluding carboxylic acids is 1. The van der Waals surface area contributed by atoms with Crippen LogP contribution in [0.25, 0.3) is 5.52 Å². The summed E-state index contributed by atoms with van der Waals surface area (Å²) < 4.78 is 6.33. The van der Waals surface area contributed by atoms with Gasteiger partial charge in [-0.2, -0.15) is 0 Å². The van der Waals surface area contributed by atoms with Gasteiger partial charge in [0.15, 0.2) is 0 Å². The molecule has 2 aromatic heterocycles. The van der Waals surface area contributed by atoms with Crippen molar-refractivity contribution in [2.24, 2.45) is 4.99 Å². The van der Waals surface area contributed by atoms with Crippen molar-refractivity contribution < 1.29 is 14.6 Å². The Balaban J connectivity index is 1.90. The summed E-state index contributed by atoms with van der Waals surface area (Å²) in [6.45, 7) is 3.79. The fourth-order valence-electron chi connectivity index (χ4n) is 3.40. The number of rotatable bonds is 4. The van der Waals surface area contributed by atoms with Gasteiger partial charge < -0.3 is 9.84 Å². The van der Waals surface area contributed by atoms with E-state index >= 15 is 0 Å². The van der Waals surface area contributed by atoms with E-state index in [0.29, 0.717) is 11.4 Å². The topological polar surface area (TPSA) is 101 Å². The average Bonchev–Trinajstić information content (AvgIpc) is 3.16. The molecule has 8 heteroatoms. The molecule has 0 aliphatic carbocycles. The molecule has 1 amide bonds. The van der Waals surface area contributed by atoms with Gasteiger partial charge in [-0.15, -0.1) is 5.10 Å². The number of allylic oxidation sites excluding steroid dienone is 4. The number of anilines is 1. The lowest BCUT2D eigenvalue weighted by Crippen LogP contribution is -2.19. The molecule has 1 aromatic carbocycles. The maximum atomic E-state index is 11.6. The van der Waals surface area contributed by atoms with E-state index in [1.165, 1.54) is 7.11 Å². The molecule has 1 aliphatic rings. The Kier molecular flexibility index (Phi) is 5.05. The van der Waals surface area contributed by atoms with Crippen LogP contribution in [0.1, 0.15) is 35.3 Å². The van der Waals surface area contributed by atoms with Crippen molar-refractivity contribution in [3.05, 3.63) is 77.2 Å². The van der Waals surface area contributed by atoms with Gasteiger partial charge in [0.25, 0.3) is 5.95 Å². The molecular formula is C22H21N5O3. The lowest BCUT2D eigenvalue weighted by molar-refractivity contribution is 0.186. The molecule has 0 bridgehead atoms. The SMILES string of the molecule is C/C=C\C=C/C1=NC(c2ccc(O)c(C)c2)c2ccn3nc(NC(=O)OC)nc1c23. The van der Waals surface area contributed by atoms with E-state index < -0.39 is 6.09 Å². The number of nitrogens with one attached hydrogen (secondary N) is 1. The number of aliphatic imine (C=N–C) groups is 1. The normalized spacial score (nSPS) is 15.7. The average molecular weight is 403 g/mol. The predicted octanol–water partition coefficient (Wildman–Crippen LogP) is 3.95. The number of nitrogens with zero attached hydrogens (tertiary/aromatic N) is 4. The van der Waals surface area contributed by atoms with Gasteiger partial charge in [0.1, 0.15) is 17.5 Å². The zero-order chi connectivity index (χ0) is 21.3. The van der Waals surface area contributed by atoms with Crippen LogP contribution >= 0.6 is 0 Å². The predicted molar refractivity (Wildman–Crippen MR) is 114 cm³/mol. The molecule has 3 aromatic rings. The number of phenolic OH excluding ortho intramolecular Hbond substituents is 1. The zero-order valence-electron chi connectivity index (χ0n) is 16.8. The lowest BCUT2D eigenvalue weighted by Gasteiger charge is -2.21. The van der Waals surface area contributed by atoms with Crippen LogP contribution in [-0.4, -0.2) is 38.6 Å². The zero-order valence-corrected chi connectivity index (χ0v) is 16.8. The largest absolute Gasteiger partial charge is 0.508 e. The van der Waals surface area contributed by atoms with E-state index in [4.69, 9.17) is 4.99 Å². The first-order valence-electron chi connectivity index (χ1n) is 9.43. The molecule has 1 atom stereocenters. The smallest absolute Gasteiger partial charge is 0.413 e. The molecule has 30 heavy (non-hydrogen) atoms. The number of ether oxygens (including phenoxy) is 1. The fourth-order valence-corrected chi connectivity index (χ4v) is 3.40. The summed E-state index contributed by atoms with van der Waals surface area (Å²) in [5.74, 6) is 0.369. The molecule has 0 spiro atoms. The first-order chi connectivity index (χ1) is 14.5. The van der Waals surface area contributed by atoms with Gasteiger partial charge in [0, 0.05) is 11.8 Å². The van der Waals surface area contributed by atoms with Crippen LogP contribution < -0.4 is 5.32 Å². The summed E-state index contributed by atoms with van der Waals surface area (Å²) in [5, 5.41) is 16.8.